The fraction of sp³-hybridized carbons (Fsp3) is 0.533. The van der Waals surface area contributed by atoms with E-state index in [4.69, 9.17) is 5.11 Å². The molecule has 1 fully saturated rings. The summed E-state index contributed by atoms with van der Waals surface area (Å²) in [5, 5.41) is 13.7. The van der Waals surface area contributed by atoms with Crippen molar-refractivity contribution >= 4 is 17.2 Å². The largest absolute Gasteiger partial charge is 0.395 e. The minimum absolute atomic E-state index is 0.00741. The average Bonchev–Trinajstić information content (AvgIpc) is 2.83. The van der Waals surface area contributed by atoms with E-state index < -0.39 is 0 Å². The van der Waals surface area contributed by atoms with Crippen molar-refractivity contribution < 1.29 is 9.90 Å². The number of hydrogen-bond acceptors (Lipinski definition) is 3. The molecule has 1 aromatic rings. The summed E-state index contributed by atoms with van der Waals surface area (Å²) in [7, 11) is 0. The highest BCUT2D eigenvalue weighted by molar-refractivity contribution is 7.10. The quantitative estimate of drug-likeness (QED) is 0.831. The zero-order chi connectivity index (χ0) is 13.7. The second kappa shape index (κ2) is 6.23. The standard InChI is InChI=1S/C15H19NO2S/c1-2-15(7-5-8-15)16-14(18)12-10-13(19-11-12)6-3-4-9-17/h10-11,17H,2,4-5,7-9H2,1H3,(H,16,18). The Kier molecular flexibility index (Phi) is 4.62. The molecule has 0 spiro atoms. The summed E-state index contributed by atoms with van der Waals surface area (Å²) in [5.74, 6) is 5.83. The lowest BCUT2D eigenvalue weighted by Crippen LogP contribution is -2.52. The molecule has 0 atom stereocenters. The van der Waals surface area contributed by atoms with Gasteiger partial charge in [0, 0.05) is 17.3 Å². The van der Waals surface area contributed by atoms with E-state index in [1.165, 1.54) is 17.8 Å². The van der Waals surface area contributed by atoms with Crippen LogP contribution < -0.4 is 5.32 Å². The van der Waals surface area contributed by atoms with Gasteiger partial charge < -0.3 is 10.4 Å². The van der Waals surface area contributed by atoms with Gasteiger partial charge in [-0.25, -0.2) is 0 Å². The van der Waals surface area contributed by atoms with Gasteiger partial charge in [-0.05, 0) is 31.7 Å². The first-order chi connectivity index (χ1) is 9.19. The molecule has 1 saturated carbocycles. The number of rotatable bonds is 4. The van der Waals surface area contributed by atoms with E-state index in [0.717, 1.165) is 24.1 Å². The van der Waals surface area contributed by atoms with E-state index in [9.17, 15) is 4.79 Å². The number of nitrogens with one attached hydrogen (secondary N) is 1. The third-order valence-electron chi connectivity index (χ3n) is 3.68. The van der Waals surface area contributed by atoms with Crippen molar-refractivity contribution in [3.63, 3.8) is 0 Å². The Labute approximate surface area is 118 Å². The number of amides is 1. The van der Waals surface area contributed by atoms with Crippen molar-refractivity contribution in [2.24, 2.45) is 0 Å². The average molecular weight is 277 g/mol. The summed E-state index contributed by atoms with van der Waals surface area (Å²) in [5.41, 5.74) is 0.722. The van der Waals surface area contributed by atoms with Gasteiger partial charge in [0.2, 0.25) is 0 Å². The number of hydrogen-bond donors (Lipinski definition) is 2. The van der Waals surface area contributed by atoms with Crippen molar-refractivity contribution in [2.45, 2.75) is 44.6 Å². The minimum Gasteiger partial charge on any atom is -0.395 e. The molecule has 0 aromatic carbocycles. The molecule has 1 aliphatic carbocycles. The second-order valence-electron chi connectivity index (χ2n) is 4.92. The smallest absolute Gasteiger partial charge is 0.252 e. The van der Waals surface area contributed by atoms with Crippen LogP contribution in [0.5, 0.6) is 0 Å². The molecule has 1 amide bonds. The molecule has 0 bridgehead atoms. The van der Waals surface area contributed by atoms with Crippen molar-refractivity contribution in [3.05, 3.63) is 21.9 Å². The Hall–Kier alpha value is -1.31. The van der Waals surface area contributed by atoms with Crippen LogP contribution in [0.15, 0.2) is 11.4 Å². The SMILES string of the molecule is CCC1(NC(=O)c2csc(C#CCCO)c2)CCC1. The summed E-state index contributed by atoms with van der Waals surface area (Å²) >= 11 is 1.47. The van der Waals surface area contributed by atoms with Gasteiger partial charge >= 0.3 is 0 Å². The molecule has 2 N–H and O–H groups in total. The van der Waals surface area contributed by atoms with Crippen molar-refractivity contribution in [1.82, 2.24) is 5.32 Å². The maximum absolute atomic E-state index is 12.2. The number of carbonyl (C=O) groups is 1. The molecule has 3 nitrogen and oxygen atoms in total. The fourth-order valence-corrected chi connectivity index (χ4v) is 2.96. The van der Waals surface area contributed by atoms with Gasteiger partial charge in [0.25, 0.3) is 5.91 Å². The van der Waals surface area contributed by atoms with Gasteiger partial charge in [0.15, 0.2) is 0 Å². The van der Waals surface area contributed by atoms with Crippen LogP contribution in [0.3, 0.4) is 0 Å². The van der Waals surface area contributed by atoms with Gasteiger partial charge in [-0.3, -0.25) is 4.79 Å². The van der Waals surface area contributed by atoms with Crippen LogP contribution in [0.25, 0.3) is 0 Å². The number of carbonyl (C=O) groups excluding carboxylic acids is 1. The first-order valence-corrected chi connectivity index (χ1v) is 7.58. The minimum atomic E-state index is 0.00741. The van der Waals surface area contributed by atoms with E-state index >= 15 is 0 Å². The van der Waals surface area contributed by atoms with Crippen LogP contribution >= 0.6 is 11.3 Å². The van der Waals surface area contributed by atoms with Gasteiger partial charge in [-0.1, -0.05) is 18.8 Å². The maximum atomic E-state index is 12.2. The summed E-state index contributed by atoms with van der Waals surface area (Å²) in [4.78, 5) is 13.0. The van der Waals surface area contributed by atoms with Crippen LogP contribution in [-0.4, -0.2) is 23.2 Å². The molecular formula is C15H19NO2S. The predicted octanol–water partition coefficient (Wildman–Crippen LogP) is 2.54. The van der Waals surface area contributed by atoms with Crippen LogP contribution in [0.2, 0.25) is 0 Å². The van der Waals surface area contributed by atoms with Gasteiger partial charge in [-0.15, -0.1) is 11.3 Å². The van der Waals surface area contributed by atoms with Gasteiger partial charge in [-0.2, -0.15) is 0 Å². The molecule has 19 heavy (non-hydrogen) atoms. The Morgan fingerprint density at radius 2 is 2.37 bits per heavy atom. The zero-order valence-corrected chi connectivity index (χ0v) is 12.0. The molecule has 0 aliphatic heterocycles. The fourth-order valence-electron chi connectivity index (χ4n) is 2.21. The molecule has 2 rings (SSSR count). The molecule has 102 valence electrons. The highest BCUT2D eigenvalue weighted by Crippen LogP contribution is 2.35. The molecule has 4 heteroatoms. The predicted molar refractivity (Wildman–Crippen MR) is 77.2 cm³/mol. The lowest BCUT2D eigenvalue weighted by atomic mass is 9.75. The van der Waals surface area contributed by atoms with Crippen LogP contribution in [-0.2, 0) is 0 Å². The highest BCUT2D eigenvalue weighted by Gasteiger charge is 2.36. The number of aliphatic hydroxyl groups excluding tert-OH is 1. The first kappa shape index (κ1) is 14.1. The van der Waals surface area contributed by atoms with E-state index in [1.807, 2.05) is 11.4 Å². The van der Waals surface area contributed by atoms with Crippen LogP contribution in [0.1, 0.15) is 54.3 Å². The molecule has 1 heterocycles. The Morgan fingerprint density at radius 1 is 1.58 bits per heavy atom. The van der Waals surface area contributed by atoms with Crippen molar-refractivity contribution in [3.8, 4) is 11.8 Å². The summed E-state index contributed by atoms with van der Waals surface area (Å²) < 4.78 is 0. The van der Waals surface area contributed by atoms with Crippen molar-refractivity contribution in [1.29, 1.82) is 0 Å². The lowest BCUT2D eigenvalue weighted by Gasteiger charge is -2.41. The van der Waals surface area contributed by atoms with Gasteiger partial charge in [0.1, 0.15) is 0 Å². The first-order valence-electron chi connectivity index (χ1n) is 6.70. The lowest BCUT2D eigenvalue weighted by molar-refractivity contribution is 0.0821. The van der Waals surface area contributed by atoms with E-state index in [2.05, 4.69) is 24.1 Å². The van der Waals surface area contributed by atoms with Crippen LogP contribution in [0.4, 0.5) is 0 Å². The third kappa shape index (κ3) is 3.37. The molecule has 0 saturated heterocycles. The molecule has 1 aliphatic rings. The third-order valence-corrected chi connectivity index (χ3v) is 4.52. The summed E-state index contributed by atoms with van der Waals surface area (Å²) in [6.45, 7) is 2.20. The molecule has 0 radical (unpaired) electrons. The maximum Gasteiger partial charge on any atom is 0.252 e. The van der Waals surface area contributed by atoms with E-state index in [-0.39, 0.29) is 18.1 Å². The van der Waals surface area contributed by atoms with E-state index in [0.29, 0.717) is 12.0 Å². The van der Waals surface area contributed by atoms with E-state index in [1.54, 1.807) is 0 Å². The van der Waals surface area contributed by atoms with Crippen LogP contribution in [0, 0.1) is 11.8 Å². The molecule has 0 unspecified atom stereocenters. The molecule has 1 aromatic heterocycles. The number of aliphatic hydroxyl groups is 1. The Bertz CT molecular complexity index is 500. The Morgan fingerprint density at radius 3 is 2.95 bits per heavy atom. The second-order valence-corrected chi connectivity index (χ2v) is 5.83. The summed E-state index contributed by atoms with van der Waals surface area (Å²) in [6, 6.07) is 1.83. The highest BCUT2D eigenvalue weighted by atomic mass is 32.1. The number of thiophene rings is 1. The monoisotopic (exact) mass is 277 g/mol. The van der Waals surface area contributed by atoms with Crippen molar-refractivity contribution in [2.75, 3.05) is 6.61 Å². The normalized spacial score (nSPS) is 16.1. The van der Waals surface area contributed by atoms with Gasteiger partial charge in [0.05, 0.1) is 17.0 Å². The Balaban J connectivity index is 1.98. The molecular weight excluding hydrogens is 258 g/mol. The summed E-state index contributed by atoms with van der Waals surface area (Å²) in [6.07, 6.45) is 4.84. The topological polar surface area (TPSA) is 49.3 Å². The zero-order valence-electron chi connectivity index (χ0n) is 11.2.